The Morgan fingerprint density at radius 1 is 0.970 bits per heavy atom. The smallest absolute Gasteiger partial charge is 0.408 e. The van der Waals surface area contributed by atoms with Crippen molar-refractivity contribution in [3.8, 4) is 11.1 Å². The second-order valence-electron chi connectivity index (χ2n) is 8.44. The van der Waals surface area contributed by atoms with Crippen LogP contribution in [0.2, 0.25) is 0 Å². The Bertz CT molecular complexity index is 986. The minimum absolute atomic E-state index is 0.0529. The van der Waals surface area contributed by atoms with Crippen molar-refractivity contribution in [2.45, 2.75) is 37.1 Å². The highest BCUT2D eigenvalue weighted by Crippen LogP contribution is 2.44. The summed E-state index contributed by atoms with van der Waals surface area (Å²) in [5, 5.41) is 14.2. The van der Waals surface area contributed by atoms with E-state index in [1.54, 1.807) is 0 Å². The molecule has 0 aliphatic heterocycles. The summed E-state index contributed by atoms with van der Waals surface area (Å²) in [6.45, 7) is 0.0128. The molecule has 33 heavy (non-hydrogen) atoms. The standard InChI is InChI=1S/C25H28N2O6/c28-22(29)16-32-14-13-26-23(30)25(11-5-6-12-25)27-24(31)33-15-21-19-9-3-1-7-17(19)18-8-2-4-10-20(18)21/h1-4,7-10,21H,5-6,11-16H2,(H,26,30)(H,27,31)(H,28,29). The number of carboxylic acid groups (broad SMARTS) is 1. The van der Waals surface area contributed by atoms with E-state index in [4.69, 9.17) is 14.6 Å². The van der Waals surface area contributed by atoms with Gasteiger partial charge in [-0.15, -0.1) is 0 Å². The summed E-state index contributed by atoms with van der Waals surface area (Å²) >= 11 is 0. The Morgan fingerprint density at radius 3 is 2.18 bits per heavy atom. The van der Waals surface area contributed by atoms with Gasteiger partial charge in [0.15, 0.2) is 0 Å². The lowest BCUT2D eigenvalue weighted by Crippen LogP contribution is -2.57. The van der Waals surface area contributed by atoms with Gasteiger partial charge >= 0.3 is 12.1 Å². The maximum atomic E-state index is 12.8. The van der Waals surface area contributed by atoms with Crippen LogP contribution in [0.25, 0.3) is 11.1 Å². The van der Waals surface area contributed by atoms with Gasteiger partial charge in [0, 0.05) is 12.5 Å². The fourth-order valence-corrected chi connectivity index (χ4v) is 4.78. The third kappa shape index (κ3) is 5.01. The lowest BCUT2D eigenvalue weighted by molar-refractivity contribution is -0.142. The number of amides is 2. The van der Waals surface area contributed by atoms with Crippen LogP contribution in [-0.2, 0) is 19.1 Å². The van der Waals surface area contributed by atoms with Gasteiger partial charge in [0.1, 0.15) is 18.8 Å². The van der Waals surface area contributed by atoms with Crippen molar-refractivity contribution in [1.29, 1.82) is 0 Å². The Balaban J connectivity index is 1.35. The quantitative estimate of drug-likeness (QED) is 0.504. The maximum Gasteiger partial charge on any atom is 0.408 e. The zero-order valence-corrected chi connectivity index (χ0v) is 18.3. The van der Waals surface area contributed by atoms with Gasteiger partial charge in [-0.3, -0.25) is 4.79 Å². The third-order valence-electron chi connectivity index (χ3n) is 6.33. The topological polar surface area (TPSA) is 114 Å². The molecular weight excluding hydrogens is 424 g/mol. The summed E-state index contributed by atoms with van der Waals surface area (Å²) in [5.74, 6) is -1.42. The molecule has 0 atom stereocenters. The molecule has 0 saturated heterocycles. The molecule has 2 aromatic rings. The van der Waals surface area contributed by atoms with Crippen LogP contribution >= 0.6 is 0 Å². The number of ether oxygens (including phenoxy) is 2. The molecule has 1 fully saturated rings. The highest BCUT2D eigenvalue weighted by atomic mass is 16.5. The number of benzene rings is 2. The van der Waals surface area contributed by atoms with Crippen molar-refractivity contribution in [3.63, 3.8) is 0 Å². The van der Waals surface area contributed by atoms with Crippen LogP contribution in [0.4, 0.5) is 4.79 Å². The van der Waals surface area contributed by atoms with Crippen molar-refractivity contribution >= 4 is 18.0 Å². The molecular formula is C25H28N2O6. The number of hydrogen-bond donors (Lipinski definition) is 3. The van der Waals surface area contributed by atoms with Crippen LogP contribution in [0.1, 0.15) is 42.7 Å². The monoisotopic (exact) mass is 452 g/mol. The summed E-state index contributed by atoms with van der Waals surface area (Å²) in [6, 6.07) is 16.2. The number of alkyl carbamates (subject to hydrolysis) is 1. The minimum atomic E-state index is -1.06. The van der Waals surface area contributed by atoms with Gasteiger partial charge in [0.25, 0.3) is 0 Å². The first kappa shape index (κ1) is 22.8. The SMILES string of the molecule is O=C(O)COCCNC(=O)C1(NC(=O)OCC2c3ccccc3-c3ccccc32)CCCC1. The van der Waals surface area contributed by atoms with E-state index in [0.29, 0.717) is 12.8 Å². The van der Waals surface area contributed by atoms with E-state index in [0.717, 1.165) is 35.1 Å². The van der Waals surface area contributed by atoms with Gasteiger partial charge in [-0.05, 0) is 35.1 Å². The number of carbonyl (C=O) groups excluding carboxylic acids is 2. The molecule has 8 nitrogen and oxygen atoms in total. The van der Waals surface area contributed by atoms with Crippen LogP contribution in [-0.4, -0.2) is 55.0 Å². The third-order valence-corrected chi connectivity index (χ3v) is 6.33. The van der Waals surface area contributed by atoms with Crippen molar-refractivity contribution in [2.75, 3.05) is 26.4 Å². The van der Waals surface area contributed by atoms with Crippen LogP contribution in [0.3, 0.4) is 0 Å². The zero-order chi connectivity index (χ0) is 23.3. The highest BCUT2D eigenvalue weighted by molar-refractivity contribution is 5.90. The fraction of sp³-hybridized carbons (Fsp3) is 0.400. The average molecular weight is 453 g/mol. The molecule has 4 rings (SSSR count). The van der Waals surface area contributed by atoms with Crippen LogP contribution in [0, 0.1) is 0 Å². The van der Waals surface area contributed by atoms with Gasteiger partial charge in [-0.2, -0.15) is 0 Å². The van der Waals surface area contributed by atoms with Crippen molar-refractivity contribution in [2.24, 2.45) is 0 Å². The van der Waals surface area contributed by atoms with Crippen molar-refractivity contribution in [3.05, 3.63) is 59.7 Å². The second-order valence-corrected chi connectivity index (χ2v) is 8.44. The molecule has 8 heteroatoms. The van der Waals surface area contributed by atoms with E-state index in [1.165, 1.54) is 0 Å². The molecule has 2 aliphatic carbocycles. The molecule has 2 aromatic carbocycles. The predicted octanol–water partition coefficient (Wildman–Crippen LogP) is 3.06. The summed E-state index contributed by atoms with van der Waals surface area (Å²) in [7, 11) is 0. The molecule has 0 spiro atoms. The molecule has 0 heterocycles. The van der Waals surface area contributed by atoms with Crippen molar-refractivity contribution in [1.82, 2.24) is 10.6 Å². The van der Waals surface area contributed by atoms with Gasteiger partial charge in [-0.1, -0.05) is 61.4 Å². The van der Waals surface area contributed by atoms with Crippen molar-refractivity contribution < 1.29 is 29.0 Å². The van der Waals surface area contributed by atoms with E-state index >= 15 is 0 Å². The van der Waals surface area contributed by atoms with Crippen LogP contribution in [0.15, 0.2) is 48.5 Å². The normalized spacial score (nSPS) is 16.0. The summed E-state index contributed by atoms with van der Waals surface area (Å²) < 4.78 is 10.6. The molecule has 174 valence electrons. The van der Waals surface area contributed by atoms with Gasteiger partial charge in [0.2, 0.25) is 5.91 Å². The molecule has 0 radical (unpaired) electrons. The largest absolute Gasteiger partial charge is 0.480 e. The second kappa shape index (κ2) is 10.0. The molecule has 0 bridgehead atoms. The summed E-state index contributed by atoms with van der Waals surface area (Å²) in [6.07, 6.45) is 2.09. The Morgan fingerprint density at radius 2 is 1.58 bits per heavy atom. The van der Waals surface area contributed by atoms with E-state index in [-0.39, 0.29) is 31.6 Å². The Labute approximate surface area is 192 Å². The molecule has 0 aromatic heterocycles. The van der Waals surface area contributed by atoms with Gasteiger partial charge < -0.3 is 25.2 Å². The highest BCUT2D eigenvalue weighted by Gasteiger charge is 2.43. The molecule has 3 N–H and O–H groups in total. The number of fused-ring (bicyclic) bond motifs is 3. The van der Waals surface area contributed by atoms with E-state index in [1.807, 2.05) is 24.3 Å². The lowest BCUT2D eigenvalue weighted by atomic mass is 9.96. The summed E-state index contributed by atoms with van der Waals surface area (Å²) in [4.78, 5) is 36.1. The van der Waals surface area contributed by atoms with E-state index < -0.39 is 24.2 Å². The molecule has 0 unspecified atom stereocenters. The number of aliphatic carboxylic acids is 1. The van der Waals surface area contributed by atoms with Crippen LogP contribution in [0.5, 0.6) is 0 Å². The average Bonchev–Trinajstić information content (AvgIpc) is 3.41. The van der Waals surface area contributed by atoms with E-state index in [2.05, 4.69) is 34.9 Å². The first-order valence-electron chi connectivity index (χ1n) is 11.2. The Kier molecular flexibility index (Phi) is 6.93. The molecule has 1 saturated carbocycles. The van der Waals surface area contributed by atoms with Gasteiger partial charge in [-0.25, -0.2) is 9.59 Å². The minimum Gasteiger partial charge on any atom is -0.480 e. The molecule has 2 aliphatic rings. The maximum absolute atomic E-state index is 12.8. The van der Waals surface area contributed by atoms with Gasteiger partial charge in [0.05, 0.1) is 6.61 Å². The first-order chi connectivity index (χ1) is 16.0. The number of carboxylic acids is 1. The van der Waals surface area contributed by atoms with Crippen LogP contribution < -0.4 is 10.6 Å². The van der Waals surface area contributed by atoms with E-state index in [9.17, 15) is 14.4 Å². The number of nitrogens with one attached hydrogen (secondary N) is 2. The predicted molar refractivity (Wildman–Crippen MR) is 121 cm³/mol. The number of rotatable bonds is 9. The lowest BCUT2D eigenvalue weighted by Gasteiger charge is -2.29. The zero-order valence-electron chi connectivity index (χ0n) is 18.3. The summed E-state index contributed by atoms with van der Waals surface area (Å²) in [5.41, 5.74) is 3.54. The first-order valence-corrected chi connectivity index (χ1v) is 11.2. The molecule has 2 amide bonds. The number of hydrogen-bond acceptors (Lipinski definition) is 5. The Hall–Kier alpha value is -3.39. The number of carbonyl (C=O) groups is 3. The fourth-order valence-electron chi connectivity index (χ4n) is 4.78.